The summed E-state index contributed by atoms with van der Waals surface area (Å²) in [5.41, 5.74) is 2.30. The number of H-pyrrole nitrogens is 1. The van der Waals surface area contributed by atoms with Crippen molar-refractivity contribution in [1.82, 2.24) is 4.98 Å². The molecule has 0 aliphatic heterocycles. The Bertz CT molecular complexity index is 908. The third-order valence-corrected chi connectivity index (χ3v) is 4.26. The average Bonchev–Trinajstić information content (AvgIpc) is 2.99. The summed E-state index contributed by atoms with van der Waals surface area (Å²) in [4.78, 5) is 39.4. The number of methoxy groups -OCH3 is 2. The second kappa shape index (κ2) is 9.03. The number of aromatic nitrogens is 1. The van der Waals surface area contributed by atoms with Gasteiger partial charge in [0.05, 0.1) is 25.5 Å². The van der Waals surface area contributed by atoms with Crippen LogP contribution < -0.4 is 4.74 Å². The molecule has 28 heavy (non-hydrogen) atoms. The number of esters is 2. The Balaban J connectivity index is 2.06. The molecule has 0 aliphatic rings. The normalized spacial score (nSPS) is 11.9. The molecule has 0 spiro atoms. The van der Waals surface area contributed by atoms with E-state index < -0.39 is 23.8 Å². The van der Waals surface area contributed by atoms with Crippen LogP contribution in [-0.4, -0.2) is 43.0 Å². The molecule has 0 saturated carbocycles. The fraction of sp³-hybridized carbons (Fsp3) is 0.286. The highest BCUT2D eigenvalue weighted by molar-refractivity contribution is 6.04. The minimum absolute atomic E-state index is 0.220. The minimum atomic E-state index is -1.02. The van der Waals surface area contributed by atoms with E-state index in [0.717, 1.165) is 5.56 Å². The van der Waals surface area contributed by atoms with Crippen LogP contribution in [0.5, 0.6) is 5.75 Å². The summed E-state index contributed by atoms with van der Waals surface area (Å²) in [5.74, 6) is -0.896. The molecule has 0 aliphatic carbocycles. The first-order valence-electron chi connectivity index (χ1n) is 8.63. The Morgan fingerprint density at radius 3 is 2.29 bits per heavy atom. The minimum Gasteiger partial charge on any atom is -0.497 e. The number of aromatic amines is 1. The third kappa shape index (κ3) is 4.68. The SMILES string of the molecule is COC(=O)c1c(C)[nH]c(C(=O)[C@@H](C)OC(=O)/C=C/c2ccc(OC)cc2)c1C. The first-order chi connectivity index (χ1) is 13.3. The van der Waals surface area contributed by atoms with Gasteiger partial charge in [-0.3, -0.25) is 4.79 Å². The quantitative estimate of drug-likeness (QED) is 0.447. The van der Waals surface area contributed by atoms with Gasteiger partial charge in [0, 0.05) is 11.8 Å². The van der Waals surface area contributed by atoms with Crippen LogP contribution >= 0.6 is 0 Å². The molecule has 0 unspecified atom stereocenters. The highest BCUT2D eigenvalue weighted by Crippen LogP contribution is 2.21. The molecule has 7 heteroatoms. The number of rotatable bonds is 7. The van der Waals surface area contributed by atoms with Crippen LogP contribution in [0, 0.1) is 13.8 Å². The highest BCUT2D eigenvalue weighted by Gasteiger charge is 2.26. The van der Waals surface area contributed by atoms with Crippen molar-refractivity contribution in [3.05, 3.63) is 58.4 Å². The van der Waals surface area contributed by atoms with Gasteiger partial charge < -0.3 is 19.2 Å². The molecule has 0 fully saturated rings. The molecule has 0 saturated heterocycles. The number of hydrogen-bond donors (Lipinski definition) is 1. The predicted molar refractivity (Wildman–Crippen MR) is 104 cm³/mol. The number of carbonyl (C=O) groups is 3. The van der Waals surface area contributed by atoms with E-state index in [1.165, 1.54) is 20.1 Å². The second-order valence-corrected chi connectivity index (χ2v) is 6.17. The molecule has 7 nitrogen and oxygen atoms in total. The molecule has 1 heterocycles. The molecule has 2 aromatic rings. The van der Waals surface area contributed by atoms with Gasteiger partial charge >= 0.3 is 11.9 Å². The van der Waals surface area contributed by atoms with Crippen LogP contribution in [0.2, 0.25) is 0 Å². The van der Waals surface area contributed by atoms with Crippen LogP contribution in [0.4, 0.5) is 0 Å². The van der Waals surface area contributed by atoms with Gasteiger partial charge in [0.1, 0.15) is 5.75 Å². The zero-order valence-corrected chi connectivity index (χ0v) is 16.5. The number of ketones is 1. The van der Waals surface area contributed by atoms with Gasteiger partial charge in [-0.2, -0.15) is 0 Å². The van der Waals surface area contributed by atoms with Crippen molar-refractivity contribution in [2.24, 2.45) is 0 Å². The lowest BCUT2D eigenvalue weighted by molar-refractivity contribution is -0.140. The lowest BCUT2D eigenvalue weighted by atomic mass is 10.1. The average molecular weight is 385 g/mol. The van der Waals surface area contributed by atoms with Crippen LogP contribution in [0.15, 0.2) is 30.3 Å². The van der Waals surface area contributed by atoms with Gasteiger partial charge in [-0.25, -0.2) is 9.59 Å². The number of carbonyl (C=O) groups excluding carboxylic acids is 3. The van der Waals surface area contributed by atoms with Crippen LogP contribution in [0.1, 0.15) is 44.6 Å². The maximum atomic E-state index is 12.6. The van der Waals surface area contributed by atoms with E-state index in [0.29, 0.717) is 22.6 Å². The molecule has 1 atom stereocenters. The topological polar surface area (TPSA) is 94.7 Å². The highest BCUT2D eigenvalue weighted by atomic mass is 16.5. The molecule has 0 bridgehead atoms. The van der Waals surface area contributed by atoms with Crippen LogP contribution in [0.25, 0.3) is 6.08 Å². The van der Waals surface area contributed by atoms with E-state index in [1.54, 1.807) is 51.3 Å². The third-order valence-electron chi connectivity index (χ3n) is 4.26. The largest absolute Gasteiger partial charge is 0.497 e. The molecule has 0 amide bonds. The number of hydrogen-bond acceptors (Lipinski definition) is 6. The van der Waals surface area contributed by atoms with Crippen molar-refractivity contribution in [2.45, 2.75) is 26.9 Å². The Morgan fingerprint density at radius 1 is 1.07 bits per heavy atom. The van der Waals surface area contributed by atoms with E-state index in [-0.39, 0.29) is 5.69 Å². The zero-order chi connectivity index (χ0) is 20.8. The summed E-state index contributed by atoms with van der Waals surface area (Å²) >= 11 is 0. The number of Topliss-reactive ketones (excluding diaryl/α,β-unsaturated/α-hetero) is 1. The predicted octanol–water partition coefficient (Wildman–Crippen LogP) is 3.25. The van der Waals surface area contributed by atoms with Gasteiger partial charge in [-0.05, 0) is 50.1 Å². The molecule has 1 aromatic carbocycles. The Morgan fingerprint density at radius 2 is 1.71 bits per heavy atom. The Labute approximate surface area is 163 Å². The Hall–Kier alpha value is -3.35. The fourth-order valence-corrected chi connectivity index (χ4v) is 2.75. The lowest BCUT2D eigenvalue weighted by Crippen LogP contribution is -2.24. The summed E-state index contributed by atoms with van der Waals surface area (Å²) in [5, 5.41) is 0. The molecule has 148 valence electrons. The maximum Gasteiger partial charge on any atom is 0.339 e. The summed E-state index contributed by atoms with van der Waals surface area (Å²) in [7, 11) is 2.84. The summed E-state index contributed by atoms with van der Waals surface area (Å²) in [6, 6.07) is 7.12. The molecule has 2 rings (SSSR count). The molecular formula is C21H23NO6. The summed E-state index contributed by atoms with van der Waals surface area (Å²) < 4.78 is 15.0. The van der Waals surface area contributed by atoms with Crippen LogP contribution in [-0.2, 0) is 14.3 Å². The van der Waals surface area contributed by atoms with E-state index in [9.17, 15) is 14.4 Å². The van der Waals surface area contributed by atoms with E-state index >= 15 is 0 Å². The number of nitrogens with one attached hydrogen (secondary N) is 1. The number of aryl methyl sites for hydroxylation is 1. The summed E-state index contributed by atoms with van der Waals surface area (Å²) in [6.45, 7) is 4.79. The van der Waals surface area contributed by atoms with Gasteiger partial charge in [-0.1, -0.05) is 12.1 Å². The number of ether oxygens (including phenoxy) is 3. The van der Waals surface area contributed by atoms with E-state index in [1.807, 2.05) is 0 Å². The number of benzene rings is 1. The van der Waals surface area contributed by atoms with Crippen LogP contribution in [0.3, 0.4) is 0 Å². The monoisotopic (exact) mass is 385 g/mol. The van der Waals surface area contributed by atoms with E-state index in [2.05, 4.69) is 4.98 Å². The van der Waals surface area contributed by atoms with Gasteiger partial charge in [0.25, 0.3) is 0 Å². The Kier molecular flexibility index (Phi) is 6.76. The van der Waals surface area contributed by atoms with Crippen molar-refractivity contribution in [1.29, 1.82) is 0 Å². The lowest BCUT2D eigenvalue weighted by Gasteiger charge is -2.10. The van der Waals surface area contributed by atoms with Crippen molar-refractivity contribution in [3.63, 3.8) is 0 Å². The second-order valence-electron chi connectivity index (χ2n) is 6.17. The fourth-order valence-electron chi connectivity index (χ4n) is 2.75. The molecular weight excluding hydrogens is 362 g/mol. The van der Waals surface area contributed by atoms with Crippen molar-refractivity contribution >= 4 is 23.8 Å². The first-order valence-corrected chi connectivity index (χ1v) is 8.63. The van der Waals surface area contributed by atoms with Crippen molar-refractivity contribution in [2.75, 3.05) is 14.2 Å². The zero-order valence-electron chi connectivity index (χ0n) is 16.5. The van der Waals surface area contributed by atoms with Gasteiger partial charge in [-0.15, -0.1) is 0 Å². The summed E-state index contributed by atoms with van der Waals surface area (Å²) in [6.07, 6.45) is 1.81. The van der Waals surface area contributed by atoms with Gasteiger partial charge in [0.2, 0.25) is 5.78 Å². The van der Waals surface area contributed by atoms with Crippen molar-refractivity contribution < 1.29 is 28.6 Å². The standard InChI is InChI=1S/C21H23NO6/c1-12-18(21(25)27-5)13(2)22-19(12)20(24)14(3)28-17(23)11-8-15-6-9-16(26-4)10-7-15/h6-11,14,22H,1-5H3/b11-8+/t14-/m1/s1. The van der Waals surface area contributed by atoms with Gasteiger partial charge in [0.15, 0.2) is 6.10 Å². The molecule has 1 aromatic heterocycles. The van der Waals surface area contributed by atoms with Crippen molar-refractivity contribution in [3.8, 4) is 5.75 Å². The molecule has 0 radical (unpaired) electrons. The first kappa shape index (κ1) is 21.0. The maximum absolute atomic E-state index is 12.6. The smallest absolute Gasteiger partial charge is 0.339 e. The van der Waals surface area contributed by atoms with E-state index in [4.69, 9.17) is 14.2 Å². The molecule has 1 N–H and O–H groups in total.